The molecule has 1 saturated heterocycles. The molecule has 39 heavy (non-hydrogen) atoms. The third kappa shape index (κ3) is 5.16. The number of aromatic hydroxyl groups is 1. The van der Waals surface area contributed by atoms with Gasteiger partial charge in [-0.3, -0.25) is 19.1 Å². The Morgan fingerprint density at radius 3 is 2.51 bits per heavy atom. The van der Waals surface area contributed by atoms with Crippen molar-refractivity contribution in [3.05, 3.63) is 92.2 Å². The number of halogens is 3. The Morgan fingerprint density at radius 2 is 1.90 bits per heavy atom. The zero-order chi connectivity index (χ0) is 27.8. The molecule has 1 aliphatic rings. The summed E-state index contributed by atoms with van der Waals surface area (Å²) in [7, 11) is 0. The SMILES string of the molecule is CC[C@@H](c1cc(F)cc(F)c1)n1c(-c2nc(C)cs2)nc(O)c(C(=O)N2CCC(c3ccc(F)cn3)C2)c1=O. The maximum Gasteiger partial charge on any atom is 0.271 e. The lowest BCUT2D eigenvalue weighted by atomic mass is 10.0. The van der Waals surface area contributed by atoms with Gasteiger partial charge in [-0.05, 0) is 49.6 Å². The average molecular weight is 556 g/mol. The van der Waals surface area contributed by atoms with Gasteiger partial charge < -0.3 is 10.0 Å². The number of hydrogen-bond acceptors (Lipinski definition) is 7. The van der Waals surface area contributed by atoms with Crippen LogP contribution in [0.1, 0.15) is 59.0 Å². The Labute approximate surface area is 225 Å². The molecule has 202 valence electrons. The van der Waals surface area contributed by atoms with Gasteiger partial charge in [0, 0.05) is 41.8 Å². The summed E-state index contributed by atoms with van der Waals surface area (Å²) in [6.45, 7) is 3.96. The molecule has 0 radical (unpaired) electrons. The van der Waals surface area contributed by atoms with Crippen LogP contribution in [0, 0.1) is 24.4 Å². The molecule has 1 aromatic carbocycles. The number of carbonyl (C=O) groups excluding carboxylic acids is 1. The number of aryl methyl sites for hydroxylation is 1. The van der Waals surface area contributed by atoms with E-state index in [4.69, 9.17) is 0 Å². The molecule has 8 nitrogen and oxygen atoms in total. The van der Waals surface area contributed by atoms with Gasteiger partial charge in [0.1, 0.15) is 17.5 Å². The molecule has 4 aromatic rings. The lowest BCUT2D eigenvalue weighted by molar-refractivity contribution is 0.0784. The molecule has 1 unspecified atom stereocenters. The molecule has 5 rings (SSSR count). The molecule has 0 saturated carbocycles. The fourth-order valence-electron chi connectivity index (χ4n) is 4.91. The van der Waals surface area contributed by atoms with E-state index in [0.717, 1.165) is 24.4 Å². The minimum atomic E-state index is -0.906. The molecule has 0 spiro atoms. The molecule has 1 amide bonds. The topological polar surface area (TPSA) is 101 Å². The van der Waals surface area contributed by atoms with Crippen molar-refractivity contribution < 1.29 is 23.1 Å². The maximum absolute atomic E-state index is 14.2. The van der Waals surface area contributed by atoms with Crippen LogP contribution in [0.15, 0.2) is 46.7 Å². The van der Waals surface area contributed by atoms with Gasteiger partial charge >= 0.3 is 0 Å². The number of aromatic nitrogens is 4. The number of pyridine rings is 1. The summed E-state index contributed by atoms with van der Waals surface area (Å²) in [6, 6.07) is 4.91. The fraction of sp³-hybridized carbons (Fsp3) is 0.296. The van der Waals surface area contributed by atoms with Crippen molar-refractivity contribution in [2.24, 2.45) is 0 Å². The molecule has 0 aliphatic carbocycles. The summed E-state index contributed by atoms with van der Waals surface area (Å²) in [4.78, 5) is 41.7. The van der Waals surface area contributed by atoms with Gasteiger partial charge in [0.2, 0.25) is 5.88 Å². The molecule has 1 N–H and O–H groups in total. The van der Waals surface area contributed by atoms with E-state index >= 15 is 0 Å². The first-order valence-electron chi connectivity index (χ1n) is 12.3. The second kappa shape index (κ2) is 10.6. The summed E-state index contributed by atoms with van der Waals surface area (Å²) < 4.78 is 42.8. The van der Waals surface area contributed by atoms with Crippen molar-refractivity contribution in [2.45, 2.75) is 38.6 Å². The molecule has 3 aromatic heterocycles. The van der Waals surface area contributed by atoms with E-state index in [9.17, 15) is 27.9 Å². The summed E-state index contributed by atoms with van der Waals surface area (Å²) in [5.41, 5.74) is 0.0318. The second-order valence-electron chi connectivity index (χ2n) is 9.37. The Morgan fingerprint density at radius 1 is 1.15 bits per heavy atom. The maximum atomic E-state index is 14.2. The van der Waals surface area contributed by atoms with Crippen LogP contribution in [0.3, 0.4) is 0 Å². The summed E-state index contributed by atoms with van der Waals surface area (Å²) in [5.74, 6) is -3.78. The second-order valence-corrected chi connectivity index (χ2v) is 10.2. The van der Waals surface area contributed by atoms with Crippen molar-refractivity contribution in [1.82, 2.24) is 24.4 Å². The Bertz CT molecular complexity index is 1590. The van der Waals surface area contributed by atoms with Gasteiger partial charge in [-0.15, -0.1) is 11.3 Å². The lowest BCUT2D eigenvalue weighted by Gasteiger charge is -2.24. The van der Waals surface area contributed by atoms with Crippen molar-refractivity contribution >= 4 is 17.2 Å². The van der Waals surface area contributed by atoms with Gasteiger partial charge in [-0.2, -0.15) is 4.98 Å². The number of likely N-dealkylation sites (tertiary alicyclic amines) is 1. The van der Waals surface area contributed by atoms with Crippen molar-refractivity contribution in [2.75, 3.05) is 13.1 Å². The summed E-state index contributed by atoms with van der Waals surface area (Å²) in [6.07, 6.45) is 1.86. The van der Waals surface area contributed by atoms with Gasteiger partial charge in [0.05, 0.1) is 12.2 Å². The first-order chi connectivity index (χ1) is 18.7. The number of benzene rings is 1. The van der Waals surface area contributed by atoms with Crippen LogP contribution in [0.25, 0.3) is 10.8 Å². The van der Waals surface area contributed by atoms with E-state index in [1.807, 2.05) is 0 Å². The zero-order valence-corrected chi connectivity index (χ0v) is 21.9. The predicted octanol–water partition coefficient (Wildman–Crippen LogP) is 4.82. The normalized spacial score (nSPS) is 16.0. The molecule has 1 aliphatic heterocycles. The highest BCUT2D eigenvalue weighted by atomic mass is 32.1. The van der Waals surface area contributed by atoms with E-state index in [1.54, 1.807) is 25.3 Å². The van der Waals surface area contributed by atoms with Crippen molar-refractivity contribution in [1.29, 1.82) is 0 Å². The number of hydrogen-bond donors (Lipinski definition) is 1. The van der Waals surface area contributed by atoms with Gasteiger partial charge in [-0.25, -0.2) is 18.2 Å². The highest BCUT2D eigenvalue weighted by molar-refractivity contribution is 7.13. The van der Waals surface area contributed by atoms with E-state index in [1.165, 1.54) is 26.9 Å². The minimum Gasteiger partial charge on any atom is -0.493 e. The first-order valence-corrected chi connectivity index (χ1v) is 13.2. The Balaban J connectivity index is 1.60. The number of thiazole rings is 1. The summed E-state index contributed by atoms with van der Waals surface area (Å²) in [5, 5.41) is 12.9. The predicted molar refractivity (Wildman–Crippen MR) is 138 cm³/mol. The van der Waals surface area contributed by atoms with Crippen molar-refractivity contribution in [3.8, 4) is 16.7 Å². The summed E-state index contributed by atoms with van der Waals surface area (Å²) >= 11 is 1.18. The third-order valence-electron chi connectivity index (χ3n) is 6.73. The molecule has 2 atom stereocenters. The van der Waals surface area contributed by atoms with Crippen LogP contribution in [-0.2, 0) is 0 Å². The number of rotatable bonds is 6. The van der Waals surface area contributed by atoms with E-state index in [0.29, 0.717) is 22.8 Å². The van der Waals surface area contributed by atoms with E-state index < -0.39 is 46.4 Å². The fourth-order valence-corrected chi connectivity index (χ4v) is 5.70. The Hall–Kier alpha value is -4.06. The molecule has 4 heterocycles. The monoisotopic (exact) mass is 555 g/mol. The van der Waals surface area contributed by atoms with E-state index in [-0.39, 0.29) is 36.8 Å². The molecule has 0 bridgehead atoms. The lowest BCUT2D eigenvalue weighted by Crippen LogP contribution is -2.38. The highest BCUT2D eigenvalue weighted by Crippen LogP contribution is 2.32. The average Bonchev–Trinajstić information content (AvgIpc) is 3.55. The number of amides is 1. The van der Waals surface area contributed by atoms with Crippen LogP contribution < -0.4 is 5.56 Å². The quantitative estimate of drug-likeness (QED) is 0.366. The van der Waals surface area contributed by atoms with E-state index in [2.05, 4.69) is 15.0 Å². The van der Waals surface area contributed by atoms with Gasteiger partial charge in [-0.1, -0.05) is 6.92 Å². The highest BCUT2D eigenvalue weighted by Gasteiger charge is 2.34. The van der Waals surface area contributed by atoms with Gasteiger partial charge in [0.25, 0.3) is 11.5 Å². The first kappa shape index (κ1) is 26.5. The van der Waals surface area contributed by atoms with Crippen LogP contribution in [-0.4, -0.2) is 48.5 Å². The largest absolute Gasteiger partial charge is 0.493 e. The van der Waals surface area contributed by atoms with Crippen molar-refractivity contribution in [3.63, 3.8) is 0 Å². The standard InChI is InChI=1S/C27H24F3N5O3S/c1-3-21(16-8-18(29)10-19(30)9-16)35-23(25-32-14(2)13-39-25)33-24(36)22(27(35)38)26(37)34-7-6-15(12-34)20-5-4-17(28)11-31-20/h4-5,8-11,13,15,21,36H,3,6-7,12H2,1-2H3/t15?,21-/m0/s1. The molecular weight excluding hydrogens is 531 g/mol. The van der Waals surface area contributed by atoms with Gasteiger partial charge in [0.15, 0.2) is 16.4 Å². The smallest absolute Gasteiger partial charge is 0.271 e. The van der Waals surface area contributed by atoms with Crippen LogP contribution in [0.4, 0.5) is 13.2 Å². The molecular formula is C27H24F3N5O3S. The third-order valence-corrected chi connectivity index (χ3v) is 7.69. The number of nitrogens with zero attached hydrogens (tertiary/aromatic N) is 5. The van der Waals surface area contributed by atoms with Crippen LogP contribution >= 0.6 is 11.3 Å². The number of carbonyl (C=O) groups is 1. The van der Waals surface area contributed by atoms with Crippen LogP contribution in [0.2, 0.25) is 0 Å². The Kier molecular flexibility index (Phi) is 7.21. The zero-order valence-electron chi connectivity index (χ0n) is 21.1. The molecule has 12 heteroatoms. The molecule has 1 fully saturated rings. The van der Waals surface area contributed by atoms with Crippen LogP contribution in [0.5, 0.6) is 5.88 Å². The minimum absolute atomic E-state index is 0.0153.